The average Bonchev–Trinajstić information content (AvgIpc) is 3.27. The average molecular weight is 328 g/mol. The molecule has 1 saturated heterocycles. The number of carbonyl (C=O) groups is 1. The van der Waals surface area contributed by atoms with Crippen molar-refractivity contribution in [3.8, 4) is 5.75 Å². The number of methoxy groups -OCH3 is 1. The van der Waals surface area contributed by atoms with Crippen LogP contribution >= 0.6 is 0 Å². The van der Waals surface area contributed by atoms with Crippen molar-refractivity contribution in [1.29, 1.82) is 0 Å². The third-order valence-corrected chi connectivity index (χ3v) is 4.40. The summed E-state index contributed by atoms with van der Waals surface area (Å²) in [5, 5.41) is 10.6. The highest BCUT2D eigenvalue weighted by atomic mass is 16.5. The van der Waals surface area contributed by atoms with Gasteiger partial charge in [-0.15, -0.1) is 0 Å². The number of rotatable bonds is 7. The molecule has 1 aliphatic rings. The molecule has 24 heavy (non-hydrogen) atoms. The Hall–Kier alpha value is -2.34. The lowest BCUT2D eigenvalue weighted by molar-refractivity contribution is 0.0951. The van der Waals surface area contributed by atoms with Crippen LogP contribution < -0.4 is 15.4 Å². The maximum absolute atomic E-state index is 12.2. The van der Waals surface area contributed by atoms with Crippen LogP contribution in [0, 0.1) is 5.92 Å². The van der Waals surface area contributed by atoms with E-state index in [4.69, 9.17) is 4.74 Å². The van der Waals surface area contributed by atoms with Crippen molar-refractivity contribution in [3.05, 3.63) is 47.8 Å². The maximum Gasteiger partial charge on any atom is 0.254 e. The van der Waals surface area contributed by atoms with Crippen LogP contribution in [0.15, 0.2) is 36.7 Å². The van der Waals surface area contributed by atoms with Gasteiger partial charge < -0.3 is 15.4 Å². The van der Waals surface area contributed by atoms with Crippen molar-refractivity contribution in [1.82, 2.24) is 20.4 Å². The first-order valence-electron chi connectivity index (χ1n) is 8.39. The zero-order valence-corrected chi connectivity index (χ0v) is 14.0. The SMILES string of the molecule is COc1ccc(Cn2cc(C(=O)NCCC3CCNC3)cn2)cc1. The summed E-state index contributed by atoms with van der Waals surface area (Å²) < 4.78 is 6.93. The lowest BCUT2D eigenvalue weighted by atomic mass is 10.1. The predicted molar refractivity (Wildman–Crippen MR) is 92.2 cm³/mol. The first-order chi connectivity index (χ1) is 11.7. The van der Waals surface area contributed by atoms with E-state index in [1.807, 2.05) is 24.3 Å². The summed E-state index contributed by atoms with van der Waals surface area (Å²) in [5.41, 5.74) is 1.72. The van der Waals surface area contributed by atoms with Gasteiger partial charge in [0.05, 0.1) is 25.4 Å². The van der Waals surface area contributed by atoms with E-state index >= 15 is 0 Å². The third kappa shape index (κ3) is 4.35. The largest absolute Gasteiger partial charge is 0.497 e. The van der Waals surface area contributed by atoms with Gasteiger partial charge in [0.1, 0.15) is 5.75 Å². The Morgan fingerprint density at radius 2 is 2.25 bits per heavy atom. The predicted octanol–water partition coefficient (Wildman–Crippen LogP) is 1.67. The molecule has 0 saturated carbocycles. The lowest BCUT2D eigenvalue weighted by Crippen LogP contribution is -2.26. The van der Waals surface area contributed by atoms with Gasteiger partial charge in [0.15, 0.2) is 0 Å². The summed E-state index contributed by atoms with van der Waals surface area (Å²) in [7, 11) is 1.65. The van der Waals surface area contributed by atoms with Crippen LogP contribution in [-0.4, -0.2) is 42.4 Å². The fraction of sp³-hybridized carbons (Fsp3) is 0.444. The van der Waals surface area contributed by atoms with Crippen molar-refractivity contribution in [3.63, 3.8) is 0 Å². The number of hydrogen-bond donors (Lipinski definition) is 2. The molecule has 3 rings (SSSR count). The Morgan fingerprint density at radius 3 is 2.96 bits per heavy atom. The van der Waals surface area contributed by atoms with Crippen molar-refractivity contribution in [2.75, 3.05) is 26.7 Å². The second kappa shape index (κ2) is 7.97. The molecule has 0 spiro atoms. The number of aromatic nitrogens is 2. The van der Waals surface area contributed by atoms with Gasteiger partial charge in [0.2, 0.25) is 0 Å². The van der Waals surface area contributed by atoms with Crippen LogP contribution in [0.1, 0.15) is 28.8 Å². The van der Waals surface area contributed by atoms with Gasteiger partial charge in [0, 0.05) is 12.7 Å². The van der Waals surface area contributed by atoms with Crippen molar-refractivity contribution in [2.24, 2.45) is 5.92 Å². The molecule has 1 amide bonds. The van der Waals surface area contributed by atoms with Crippen LogP contribution in [0.25, 0.3) is 0 Å². The van der Waals surface area contributed by atoms with E-state index in [1.54, 1.807) is 24.2 Å². The molecule has 1 aromatic carbocycles. The van der Waals surface area contributed by atoms with Gasteiger partial charge in [-0.25, -0.2) is 0 Å². The summed E-state index contributed by atoms with van der Waals surface area (Å²) in [5.74, 6) is 1.46. The van der Waals surface area contributed by atoms with Gasteiger partial charge >= 0.3 is 0 Å². The van der Waals surface area contributed by atoms with Crippen LogP contribution in [0.5, 0.6) is 5.75 Å². The van der Waals surface area contributed by atoms with E-state index < -0.39 is 0 Å². The maximum atomic E-state index is 12.2. The highest BCUT2D eigenvalue weighted by molar-refractivity contribution is 5.93. The molecule has 1 unspecified atom stereocenters. The molecule has 6 heteroatoms. The molecule has 2 N–H and O–H groups in total. The number of hydrogen-bond acceptors (Lipinski definition) is 4. The molecule has 0 radical (unpaired) electrons. The Kier molecular flexibility index (Phi) is 5.48. The van der Waals surface area contributed by atoms with Crippen LogP contribution in [0.3, 0.4) is 0 Å². The molecule has 6 nitrogen and oxygen atoms in total. The molecular weight excluding hydrogens is 304 g/mol. The number of ether oxygens (including phenoxy) is 1. The minimum absolute atomic E-state index is 0.0538. The summed E-state index contributed by atoms with van der Waals surface area (Å²) >= 11 is 0. The zero-order valence-electron chi connectivity index (χ0n) is 14.0. The van der Waals surface area contributed by atoms with Crippen LogP contribution in [-0.2, 0) is 6.54 Å². The normalized spacial score (nSPS) is 17.0. The van der Waals surface area contributed by atoms with Gasteiger partial charge in [0.25, 0.3) is 5.91 Å². The summed E-state index contributed by atoms with van der Waals surface area (Å²) in [4.78, 5) is 12.2. The minimum atomic E-state index is -0.0538. The number of amides is 1. The first-order valence-corrected chi connectivity index (χ1v) is 8.39. The smallest absolute Gasteiger partial charge is 0.254 e. The summed E-state index contributed by atoms with van der Waals surface area (Å²) in [6, 6.07) is 7.83. The van der Waals surface area contributed by atoms with E-state index in [0.29, 0.717) is 18.0 Å². The Balaban J connectivity index is 1.49. The molecule has 0 aliphatic carbocycles. The minimum Gasteiger partial charge on any atom is -0.497 e. The fourth-order valence-corrected chi connectivity index (χ4v) is 2.94. The number of nitrogens with zero attached hydrogens (tertiary/aromatic N) is 2. The van der Waals surface area contributed by atoms with E-state index in [9.17, 15) is 4.79 Å². The van der Waals surface area contributed by atoms with Crippen LogP contribution in [0.4, 0.5) is 0 Å². The van der Waals surface area contributed by atoms with Gasteiger partial charge in [-0.2, -0.15) is 5.10 Å². The lowest BCUT2D eigenvalue weighted by Gasteiger charge is -2.08. The fourth-order valence-electron chi connectivity index (χ4n) is 2.94. The Bertz CT molecular complexity index is 660. The molecule has 1 aromatic heterocycles. The first kappa shape index (κ1) is 16.5. The molecule has 2 heterocycles. The third-order valence-electron chi connectivity index (χ3n) is 4.40. The van der Waals surface area contributed by atoms with Crippen molar-refractivity contribution in [2.45, 2.75) is 19.4 Å². The Morgan fingerprint density at radius 1 is 1.42 bits per heavy atom. The van der Waals surface area contributed by atoms with E-state index in [-0.39, 0.29) is 5.91 Å². The second-order valence-corrected chi connectivity index (χ2v) is 6.18. The molecule has 1 atom stereocenters. The summed E-state index contributed by atoms with van der Waals surface area (Å²) in [6.07, 6.45) is 5.64. The van der Waals surface area contributed by atoms with E-state index in [1.165, 1.54) is 6.42 Å². The molecule has 1 aliphatic heterocycles. The van der Waals surface area contributed by atoms with Crippen molar-refractivity contribution >= 4 is 5.91 Å². The highest BCUT2D eigenvalue weighted by Gasteiger charge is 2.15. The van der Waals surface area contributed by atoms with E-state index in [0.717, 1.165) is 37.4 Å². The molecule has 2 aromatic rings. The quantitative estimate of drug-likeness (QED) is 0.811. The van der Waals surface area contributed by atoms with Gasteiger partial charge in [-0.05, 0) is 49.5 Å². The standard InChI is InChI=1S/C18H24N4O2/c1-24-17-4-2-15(3-5-17)12-22-13-16(11-21-22)18(23)20-9-7-14-6-8-19-10-14/h2-5,11,13-14,19H,6-10,12H2,1H3,(H,20,23). The molecular formula is C18H24N4O2. The highest BCUT2D eigenvalue weighted by Crippen LogP contribution is 2.13. The van der Waals surface area contributed by atoms with Gasteiger partial charge in [-0.3, -0.25) is 9.48 Å². The number of carbonyl (C=O) groups excluding carboxylic acids is 1. The molecule has 128 valence electrons. The zero-order chi connectivity index (χ0) is 16.8. The van der Waals surface area contributed by atoms with E-state index in [2.05, 4.69) is 15.7 Å². The van der Waals surface area contributed by atoms with Gasteiger partial charge in [-0.1, -0.05) is 12.1 Å². The number of benzene rings is 1. The molecule has 0 bridgehead atoms. The molecule has 1 fully saturated rings. The topological polar surface area (TPSA) is 68.2 Å². The Labute approximate surface area is 142 Å². The number of nitrogens with one attached hydrogen (secondary N) is 2. The van der Waals surface area contributed by atoms with Crippen LogP contribution in [0.2, 0.25) is 0 Å². The summed E-state index contributed by atoms with van der Waals surface area (Å²) in [6.45, 7) is 3.51. The van der Waals surface area contributed by atoms with Crippen molar-refractivity contribution < 1.29 is 9.53 Å². The monoisotopic (exact) mass is 328 g/mol. The second-order valence-electron chi connectivity index (χ2n) is 6.18.